The summed E-state index contributed by atoms with van der Waals surface area (Å²) in [5, 5.41) is 6.00. The normalized spacial score (nSPS) is 11.5. The zero-order chi connectivity index (χ0) is 19.7. The fraction of sp³-hybridized carbons (Fsp3) is 0.0526. The van der Waals surface area contributed by atoms with Crippen LogP contribution in [0, 0.1) is 12.7 Å². The van der Waals surface area contributed by atoms with Gasteiger partial charge in [-0.05, 0) is 49.4 Å². The van der Waals surface area contributed by atoms with Gasteiger partial charge in [0.25, 0.3) is 10.0 Å². The molecule has 0 radical (unpaired) electrons. The number of benzene rings is 2. The maximum absolute atomic E-state index is 14.0. The average Bonchev–Trinajstić information content (AvgIpc) is 3.06. The molecule has 2 aromatic heterocycles. The van der Waals surface area contributed by atoms with Crippen molar-refractivity contribution in [1.82, 2.24) is 9.97 Å². The minimum Gasteiger partial charge on any atom is -0.331 e. The predicted molar refractivity (Wildman–Crippen MR) is 109 cm³/mol. The van der Waals surface area contributed by atoms with Gasteiger partial charge in [-0.3, -0.25) is 9.71 Å². The van der Waals surface area contributed by atoms with Crippen LogP contribution in [0.25, 0.3) is 10.9 Å². The van der Waals surface area contributed by atoms with E-state index in [4.69, 9.17) is 0 Å². The molecule has 0 aliphatic carbocycles. The van der Waals surface area contributed by atoms with Crippen LogP contribution in [0.3, 0.4) is 0 Å². The van der Waals surface area contributed by atoms with Gasteiger partial charge in [-0.2, -0.15) is 0 Å². The number of halogens is 1. The van der Waals surface area contributed by atoms with E-state index in [1.54, 1.807) is 24.3 Å². The Morgan fingerprint density at radius 2 is 1.89 bits per heavy atom. The lowest BCUT2D eigenvalue weighted by molar-refractivity contribution is 0.601. The lowest BCUT2D eigenvalue weighted by Gasteiger charge is -2.12. The van der Waals surface area contributed by atoms with Crippen molar-refractivity contribution >= 4 is 48.8 Å². The molecule has 142 valence electrons. The number of anilines is 3. The Kier molecular flexibility index (Phi) is 4.70. The summed E-state index contributed by atoms with van der Waals surface area (Å²) in [5.41, 5.74) is 1.99. The Labute approximate surface area is 165 Å². The molecule has 0 fully saturated rings. The van der Waals surface area contributed by atoms with Gasteiger partial charge in [0.05, 0.1) is 16.3 Å². The number of pyridine rings is 1. The second-order valence-electron chi connectivity index (χ2n) is 6.05. The van der Waals surface area contributed by atoms with Crippen LogP contribution < -0.4 is 10.0 Å². The van der Waals surface area contributed by atoms with E-state index in [0.29, 0.717) is 16.5 Å². The lowest BCUT2D eigenvalue weighted by Crippen LogP contribution is -2.14. The van der Waals surface area contributed by atoms with Gasteiger partial charge < -0.3 is 5.32 Å². The smallest absolute Gasteiger partial charge is 0.262 e. The first kappa shape index (κ1) is 18.3. The summed E-state index contributed by atoms with van der Waals surface area (Å²) in [5.74, 6) is -0.570. The van der Waals surface area contributed by atoms with E-state index < -0.39 is 15.8 Å². The molecule has 9 heteroatoms. The standard InChI is InChI=1S/C19H15FN4O2S2/c1-12-11-27-19(22-12)23-13-4-2-5-14(10-13)24-28(25,26)17-8-7-16(20)18-15(17)6-3-9-21-18/h2-11,24H,1H3,(H,22,23). The molecule has 6 nitrogen and oxygen atoms in total. The van der Waals surface area contributed by atoms with Crippen molar-refractivity contribution in [3.05, 3.63) is 71.6 Å². The van der Waals surface area contributed by atoms with Gasteiger partial charge in [0, 0.05) is 22.7 Å². The number of hydrogen-bond acceptors (Lipinski definition) is 6. The molecular weight excluding hydrogens is 399 g/mol. The topological polar surface area (TPSA) is 84.0 Å². The van der Waals surface area contributed by atoms with Crippen molar-refractivity contribution in [3.8, 4) is 0 Å². The molecule has 2 heterocycles. The highest BCUT2D eigenvalue weighted by molar-refractivity contribution is 7.93. The first-order chi connectivity index (χ1) is 13.4. The second-order valence-corrected chi connectivity index (χ2v) is 8.56. The summed E-state index contributed by atoms with van der Waals surface area (Å²) in [6.45, 7) is 1.90. The number of rotatable bonds is 5. The largest absolute Gasteiger partial charge is 0.331 e. The van der Waals surface area contributed by atoms with E-state index in [1.165, 1.54) is 29.7 Å². The third-order valence-electron chi connectivity index (χ3n) is 3.96. The van der Waals surface area contributed by atoms with E-state index in [-0.39, 0.29) is 15.8 Å². The molecular formula is C19H15FN4O2S2. The summed E-state index contributed by atoms with van der Waals surface area (Å²) < 4.78 is 42.3. The summed E-state index contributed by atoms with van der Waals surface area (Å²) in [6, 6.07) is 12.3. The molecule has 0 spiro atoms. The third kappa shape index (κ3) is 3.67. The summed E-state index contributed by atoms with van der Waals surface area (Å²) in [6.07, 6.45) is 1.42. The number of nitrogens with zero attached hydrogens (tertiary/aromatic N) is 2. The van der Waals surface area contributed by atoms with Gasteiger partial charge >= 0.3 is 0 Å². The number of aromatic nitrogens is 2. The number of sulfonamides is 1. The summed E-state index contributed by atoms with van der Waals surface area (Å²) in [7, 11) is -3.94. The highest BCUT2D eigenvalue weighted by Gasteiger charge is 2.19. The van der Waals surface area contributed by atoms with Crippen molar-refractivity contribution in [1.29, 1.82) is 0 Å². The first-order valence-corrected chi connectivity index (χ1v) is 10.6. The van der Waals surface area contributed by atoms with Crippen molar-refractivity contribution in [2.24, 2.45) is 0 Å². The zero-order valence-electron chi connectivity index (χ0n) is 14.7. The maximum Gasteiger partial charge on any atom is 0.262 e. The molecule has 0 saturated carbocycles. The van der Waals surface area contributed by atoms with Crippen LogP contribution in [-0.2, 0) is 10.0 Å². The second kappa shape index (κ2) is 7.17. The first-order valence-electron chi connectivity index (χ1n) is 8.28. The highest BCUT2D eigenvalue weighted by atomic mass is 32.2. The summed E-state index contributed by atoms with van der Waals surface area (Å²) >= 11 is 1.46. The van der Waals surface area contributed by atoms with Crippen molar-refractivity contribution in [3.63, 3.8) is 0 Å². The van der Waals surface area contributed by atoms with Gasteiger partial charge in [0.2, 0.25) is 0 Å². The molecule has 2 N–H and O–H groups in total. The molecule has 4 aromatic rings. The van der Waals surface area contributed by atoms with Crippen LogP contribution in [-0.4, -0.2) is 18.4 Å². The van der Waals surface area contributed by atoms with Gasteiger partial charge in [-0.25, -0.2) is 17.8 Å². The van der Waals surface area contributed by atoms with Gasteiger partial charge in [0.15, 0.2) is 5.13 Å². The van der Waals surface area contributed by atoms with Crippen LogP contribution in [0.15, 0.2) is 65.0 Å². The number of thiazole rings is 1. The van der Waals surface area contributed by atoms with Crippen LogP contribution in [0.4, 0.5) is 20.9 Å². The van der Waals surface area contributed by atoms with Crippen LogP contribution in [0.2, 0.25) is 0 Å². The number of hydrogen-bond donors (Lipinski definition) is 2. The maximum atomic E-state index is 14.0. The fourth-order valence-corrected chi connectivity index (χ4v) is 4.71. The van der Waals surface area contributed by atoms with E-state index in [0.717, 1.165) is 11.8 Å². The zero-order valence-corrected chi connectivity index (χ0v) is 16.3. The van der Waals surface area contributed by atoms with E-state index in [1.807, 2.05) is 18.4 Å². The molecule has 0 aliphatic heterocycles. The Morgan fingerprint density at radius 1 is 1.07 bits per heavy atom. The Bertz CT molecular complexity index is 1270. The van der Waals surface area contributed by atoms with Crippen molar-refractivity contribution < 1.29 is 12.8 Å². The Morgan fingerprint density at radius 3 is 2.68 bits per heavy atom. The van der Waals surface area contributed by atoms with Gasteiger partial charge in [-0.15, -0.1) is 11.3 Å². The minimum absolute atomic E-state index is 0.0138. The summed E-state index contributed by atoms with van der Waals surface area (Å²) in [4.78, 5) is 8.23. The van der Waals surface area contributed by atoms with Crippen LogP contribution >= 0.6 is 11.3 Å². The van der Waals surface area contributed by atoms with Crippen molar-refractivity contribution in [2.75, 3.05) is 10.0 Å². The predicted octanol–water partition coefficient (Wildman–Crippen LogP) is 4.68. The molecule has 28 heavy (non-hydrogen) atoms. The van der Waals surface area contributed by atoms with Gasteiger partial charge in [0.1, 0.15) is 11.3 Å². The van der Waals surface area contributed by atoms with Gasteiger partial charge in [-0.1, -0.05) is 6.07 Å². The molecule has 4 rings (SSSR count). The van der Waals surface area contributed by atoms with Crippen molar-refractivity contribution in [2.45, 2.75) is 11.8 Å². The fourth-order valence-electron chi connectivity index (χ4n) is 2.75. The van der Waals surface area contributed by atoms with Crippen LogP contribution in [0.5, 0.6) is 0 Å². The molecule has 0 atom stereocenters. The Balaban J connectivity index is 1.66. The number of fused-ring (bicyclic) bond motifs is 1. The molecule has 0 unspecified atom stereocenters. The Hall–Kier alpha value is -3.04. The van der Waals surface area contributed by atoms with E-state index in [9.17, 15) is 12.8 Å². The van der Waals surface area contributed by atoms with E-state index in [2.05, 4.69) is 20.0 Å². The van der Waals surface area contributed by atoms with E-state index >= 15 is 0 Å². The molecule has 0 saturated heterocycles. The molecule has 0 aliphatic rings. The third-order valence-corrected chi connectivity index (χ3v) is 6.27. The minimum atomic E-state index is -3.94. The monoisotopic (exact) mass is 414 g/mol. The number of aryl methyl sites for hydroxylation is 1. The quantitative estimate of drug-likeness (QED) is 0.495. The molecule has 2 aromatic carbocycles. The van der Waals surface area contributed by atoms with Crippen LogP contribution in [0.1, 0.15) is 5.69 Å². The highest BCUT2D eigenvalue weighted by Crippen LogP contribution is 2.27. The molecule has 0 amide bonds. The average molecular weight is 414 g/mol. The lowest BCUT2D eigenvalue weighted by atomic mass is 10.2. The molecule has 0 bridgehead atoms. The number of nitrogens with one attached hydrogen (secondary N) is 2. The SMILES string of the molecule is Cc1csc(Nc2cccc(NS(=O)(=O)c3ccc(F)c4ncccc34)c2)n1.